The number of halogens is 3. The van der Waals surface area contributed by atoms with E-state index >= 15 is 0 Å². The largest absolute Gasteiger partial charge is 0.489 e. The minimum Gasteiger partial charge on any atom is -0.489 e. The van der Waals surface area contributed by atoms with Crippen LogP contribution in [0, 0.1) is 17.6 Å². The van der Waals surface area contributed by atoms with Crippen molar-refractivity contribution in [3.63, 3.8) is 0 Å². The van der Waals surface area contributed by atoms with Crippen LogP contribution in [0.1, 0.15) is 31.0 Å². The quantitative estimate of drug-likeness (QED) is 0.639. The maximum absolute atomic E-state index is 14.0. The van der Waals surface area contributed by atoms with Gasteiger partial charge in [-0.2, -0.15) is 0 Å². The van der Waals surface area contributed by atoms with Crippen LogP contribution in [0.2, 0.25) is 5.02 Å². The van der Waals surface area contributed by atoms with Crippen molar-refractivity contribution in [1.29, 1.82) is 0 Å². The zero-order valence-electron chi connectivity index (χ0n) is 15.6. The van der Waals surface area contributed by atoms with E-state index in [1.807, 2.05) is 0 Å². The van der Waals surface area contributed by atoms with E-state index in [-0.39, 0.29) is 41.8 Å². The second kappa shape index (κ2) is 6.62. The lowest BCUT2D eigenvalue weighted by Crippen LogP contribution is -2.41. The molecule has 1 fully saturated rings. The van der Waals surface area contributed by atoms with Crippen LogP contribution in [0.25, 0.3) is 11.3 Å². The first kappa shape index (κ1) is 20.0. The zero-order valence-corrected chi connectivity index (χ0v) is 16.4. The van der Waals surface area contributed by atoms with Crippen molar-refractivity contribution in [2.75, 3.05) is 13.2 Å². The molecule has 1 aromatic heterocycles. The fourth-order valence-corrected chi connectivity index (χ4v) is 3.95. The van der Waals surface area contributed by atoms with Gasteiger partial charge in [0.1, 0.15) is 29.1 Å². The van der Waals surface area contributed by atoms with E-state index < -0.39 is 33.6 Å². The highest BCUT2D eigenvalue weighted by atomic mass is 35.5. The van der Waals surface area contributed by atoms with Crippen LogP contribution < -0.4 is 16.2 Å². The highest BCUT2D eigenvalue weighted by Gasteiger charge is 2.49. The van der Waals surface area contributed by atoms with Gasteiger partial charge in [0.2, 0.25) is 5.91 Å². The Labute approximate surface area is 170 Å². The number of aliphatic hydroxyl groups is 1. The molecule has 0 spiro atoms. The summed E-state index contributed by atoms with van der Waals surface area (Å²) in [5.41, 5.74) is 9.81. The third-order valence-corrected chi connectivity index (χ3v) is 6.16. The Kier molecular flexibility index (Phi) is 4.56. The van der Waals surface area contributed by atoms with Gasteiger partial charge in [-0.15, -0.1) is 0 Å². The molecular formula is C20H20ClF2N3O3. The summed E-state index contributed by atoms with van der Waals surface area (Å²) in [6.07, 6.45) is 1.56. The van der Waals surface area contributed by atoms with Gasteiger partial charge in [0.15, 0.2) is 11.6 Å². The Morgan fingerprint density at radius 3 is 2.66 bits per heavy atom. The molecule has 1 amide bonds. The molecule has 5 N–H and O–H groups in total. The number of benzene rings is 1. The summed E-state index contributed by atoms with van der Waals surface area (Å²) in [7, 11) is 0. The molecule has 154 valence electrons. The fraction of sp³-hybridized carbons (Fsp3) is 0.400. The van der Waals surface area contributed by atoms with Gasteiger partial charge in [-0.25, -0.2) is 13.8 Å². The number of ether oxygens (including phenoxy) is 1. The molecule has 1 aliphatic heterocycles. The van der Waals surface area contributed by atoms with Gasteiger partial charge in [0, 0.05) is 17.7 Å². The molecule has 4 rings (SSSR count). The molecule has 2 heterocycles. The highest BCUT2D eigenvalue weighted by molar-refractivity contribution is 6.31. The van der Waals surface area contributed by atoms with Crippen LogP contribution in [-0.4, -0.2) is 29.1 Å². The first-order valence-corrected chi connectivity index (χ1v) is 9.55. The van der Waals surface area contributed by atoms with E-state index in [0.29, 0.717) is 5.56 Å². The topological polar surface area (TPSA) is 111 Å². The Bertz CT molecular complexity index is 1010. The first-order valence-electron chi connectivity index (χ1n) is 9.18. The van der Waals surface area contributed by atoms with Crippen LogP contribution in [0.5, 0.6) is 5.75 Å². The number of nitrogens with zero attached hydrogens (tertiary/aromatic N) is 1. The van der Waals surface area contributed by atoms with Gasteiger partial charge < -0.3 is 21.3 Å². The second-order valence-corrected chi connectivity index (χ2v) is 8.28. The molecule has 0 unspecified atom stereocenters. The summed E-state index contributed by atoms with van der Waals surface area (Å²) >= 11 is 5.82. The Hall–Kier alpha value is -2.29. The number of fused-ring (bicyclic) bond motifs is 1. The van der Waals surface area contributed by atoms with E-state index in [1.54, 1.807) is 13.0 Å². The van der Waals surface area contributed by atoms with Crippen LogP contribution in [0.4, 0.5) is 8.78 Å². The van der Waals surface area contributed by atoms with Crippen molar-refractivity contribution in [3.8, 4) is 17.0 Å². The highest BCUT2D eigenvalue weighted by Crippen LogP contribution is 2.49. The predicted octanol–water partition coefficient (Wildman–Crippen LogP) is 2.37. The average molecular weight is 424 g/mol. The molecule has 1 aliphatic carbocycles. The van der Waals surface area contributed by atoms with Gasteiger partial charge in [-0.05, 0) is 43.9 Å². The molecule has 29 heavy (non-hydrogen) atoms. The maximum Gasteiger partial charge on any atom is 0.231 e. The number of carbonyl (C=O) groups is 1. The van der Waals surface area contributed by atoms with E-state index in [1.165, 1.54) is 6.07 Å². The summed E-state index contributed by atoms with van der Waals surface area (Å²) < 4.78 is 33.4. The maximum atomic E-state index is 14.0. The third kappa shape index (κ3) is 2.97. The van der Waals surface area contributed by atoms with E-state index in [9.17, 15) is 18.7 Å². The number of hydrogen-bond donors (Lipinski definition) is 3. The molecule has 1 saturated carbocycles. The summed E-state index contributed by atoms with van der Waals surface area (Å²) in [5.74, 6) is -2.82. The fourth-order valence-electron chi connectivity index (χ4n) is 3.74. The van der Waals surface area contributed by atoms with Gasteiger partial charge in [0.25, 0.3) is 0 Å². The molecule has 9 heteroatoms. The summed E-state index contributed by atoms with van der Waals surface area (Å²) in [6.45, 7) is 1.48. The Morgan fingerprint density at radius 2 is 2.10 bits per heavy atom. The van der Waals surface area contributed by atoms with Crippen LogP contribution in [-0.2, 0) is 15.8 Å². The number of aromatic nitrogens is 1. The number of rotatable bonds is 5. The van der Waals surface area contributed by atoms with Crippen LogP contribution in [0.15, 0.2) is 18.2 Å². The smallest absolute Gasteiger partial charge is 0.231 e. The lowest BCUT2D eigenvalue weighted by atomic mass is 9.81. The van der Waals surface area contributed by atoms with Gasteiger partial charge in [-0.1, -0.05) is 11.6 Å². The van der Waals surface area contributed by atoms with Crippen molar-refractivity contribution in [1.82, 2.24) is 4.98 Å². The number of nitrogens with two attached hydrogens (primary N) is 2. The molecular weight excluding hydrogens is 404 g/mol. The zero-order chi connectivity index (χ0) is 21.1. The minimum absolute atomic E-state index is 0.0440. The SMILES string of the molecule is C[C@]1(C(N)=O)COc2c1cc([C@@](O)(CN)C1CC1)nc2-c1cc(F)c(F)c(Cl)c1. The van der Waals surface area contributed by atoms with E-state index in [0.717, 1.165) is 18.9 Å². The van der Waals surface area contributed by atoms with Crippen molar-refractivity contribution in [2.24, 2.45) is 17.4 Å². The first-order chi connectivity index (χ1) is 13.6. The third-order valence-electron chi connectivity index (χ3n) is 5.88. The van der Waals surface area contributed by atoms with Gasteiger partial charge >= 0.3 is 0 Å². The Morgan fingerprint density at radius 1 is 1.41 bits per heavy atom. The van der Waals surface area contributed by atoms with Gasteiger partial charge in [-0.3, -0.25) is 4.79 Å². The lowest BCUT2D eigenvalue weighted by molar-refractivity contribution is -0.123. The summed E-state index contributed by atoms with van der Waals surface area (Å²) in [6, 6.07) is 3.73. The monoisotopic (exact) mass is 423 g/mol. The normalized spacial score (nSPS) is 22.7. The van der Waals surface area contributed by atoms with Gasteiger partial charge in [0.05, 0.1) is 10.7 Å². The molecule has 0 saturated heterocycles. The number of carbonyl (C=O) groups excluding carboxylic acids is 1. The van der Waals surface area contributed by atoms with Crippen molar-refractivity contribution >= 4 is 17.5 Å². The minimum atomic E-state index is -1.42. The van der Waals surface area contributed by atoms with Crippen LogP contribution in [0.3, 0.4) is 0 Å². The van der Waals surface area contributed by atoms with Crippen molar-refractivity contribution in [3.05, 3.63) is 46.1 Å². The van der Waals surface area contributed by atoms with E-state index in [2.05, 4.69) is 4.98 Å². The number of hydrogen-bond acceptors (Lipinski definition) is 5. The standard InChI is InChI=1S/C20H20ClF2N3O3/c1-19(18(25)27)8-29-17-11(19)6-14(20(28,7-24)10-2-3-10)26-16(17)9-4-12(21)15(23)13(22)5-9/h4-6,10,28H,2-3,7-8,24H2,1H3,(H2,25,27)/t19-,20+/m0/s1. The lowest BCUT2D eigenvalue weighted by Gasteiger charge is -2.28. The average Bonchev–Trinajstić information content (AvgIpc) is 3.49. The molecule has 6 nitrogen and oxygen atoms in total. The second-order valence-electron chi connectivity index (χ2n) is 7.87. The van der Waals surface area contributed by atoms with Crippen molar-refractivity contribution in [2.45, 2.75) is 30.8 Å². The number of pyridine rings is 1. The molecule has 0 bridgehead atoms. The van der Waals surface area contributed by atoms with Crippen molar-refractivity contribution < 1.29 is 23.4 Å². The number of primary amides is 1. The summed E-state index contributed by atoms with van der Waals surface area (Å²) in [4.78, 5) is 16.7. The molecule has 2 aromatic rings. The van der Waals surface area contributed by atoms with E-state index in [4.69, 9.17) is 27.8 Å². The summed E-state index contributed by atoms with van der Waals surface area (Å²) in [5, 5.41) is 10.8. The Balaban J connectivity index is 2.00. The number of amides is 1. The predicted molar refractivity (Wildman–Crippen MR) is 102 cm³/mol. The molecule has 1 aromatic carbocycles. The molecule has 0 radical (unpaired) electrons. The molecule has 2 atom stereocenters. The van der Waals surface area contributed by atoms with Crippen LogP contribution >= 0.6 is 11.6 Å². The molecule has 2 aliphatic rings.